The molecule has 0 bridgehead atoms. The maximum atomic E-state index is 13.2. The fourth-order valence-corrected chi connectivity index (χ4v) is 5.43. The molecule has 0 unspecified atom stereocenters. The molecule has 3 aliphatic rings. The van der Waals surface area contributed by atoms with Gasteiger partial charge in [0.15, 0.2) is 0 Å². The second-order valence-electron chi connectivity index (χ2n) is 9.43. The van der Waals surface area contributed by atoms with Gasteiger partial charge in [0.1, 0.15) is 0 Å². The van der Waals surface area contributed by atoms with Gasteiger partial charge in [-0.15, -0.1) is 0 Å². The van der Waals surface area contributed by atoms with Crippen LogP contribution in [-0.4, -0.2) is 66.3 Å². The van der Waals surface area contributed by atoms with Crippen LogP contribution in [-0.2, 0) is 0 Å². The number of carbonyl (C=O) groups is 3. The second kappa shape index (κ2) is 9.58. The van der Waals surface area contributed by atoms with Gasteiger partial charge >= 0.3 is 0 Å². The molecule has 2 heterocycles. The Balaban J connectivity index is 1.34. The van der Waals surface area contributed by atoms with Gasteiger partial charge in [0.25, 0.3) is 17.7 Å². The fraction of sp³-hybridized carbons (Fsp3) is 0.444. The summed E-state index contributed by atoms with van der Waals surface area (Å²) in [4.78, 5) is 45.4. The van der Waals surface area contributed by atoms with Crippen LogP contribution in [0.4, 0.5) is 11.4 Å². The number of imide groups is 1. The molecule has 2 aromatic rings. The standard InChI is InChI=1S/C27H32N4O3/c1-2-29-14-16-30(17-15-29)24-11-7-6-10-23(24)28-25(32)19-12-13-21-22(18-19)27(34)31(26(21)33)20-8-4-3-5-9-20/h6-7,10-13,18,20H,2-5,8-9,14-17H2,1H3,(H,28,32). The van der Waals surface area contributed by atoms with Crippen LogP contribution in [0, 0.1) is 0 Å². The molecule has 0 aromatic heterocycles. The van der Waals surface area contributed by atoms with E-state index in [0.717, 1.165) is 76.2 Å². The molecule has 1 N–H and O–H groups in total. The first kappa shape index (κ1) is 22.6. The summed E-state index contributed by atoms with van der Waals surface area (Å²) in [6, 6.07) is 12.7. The van der Waals surface area contributed by atoms with Gasteiger partial charge < -0.3 is 15.1 Å². The molecule has 0 spiro atoms. The van der Waals surface area contributed by atoms with E-state index in [4.69, 9.17) is 0 Å². The Morgan fingerprint density at radius 2 is 1.62 bits per heavy atom. The summed E-state index contributed by atoms with van der Waals surface area (Å²) >= 11 is 0. The fourth-order valence-electron chi connectivity index (χ4n) is 5.43. The van der Waals surface area contributed by atoms with Gasteiger partial charge in [0.05, 0.1) is 22.5 Å². The molecule has 2 aromatic carbocycles. The average Bonchev–Trinajstić information content (AvgIpc) is 3.14. The molecule has 1 aliphatic carbocycles. The third kappa shape index (κ3) is 4.20. The summed E-state index contributed by atoms with van der Waals surface area (Å²) in [5.74, 6) is -0.773. The lowest BCUT2D eigenvalue weighted by molar-refractivity contribution is 0.0549. The number of likely N-dealkylation sites (N-methyl/N-ethyl adjacent to an activating group) is 1. The maximum absolute atomic E-state index is 13.2. The van der Waals surface area contributed by atoms with Crippen LogP contribution >= 0.6 is 0 Å². The Hall–Kier alpha value is -3.19. The van der Waals surface area contributed by atoms with Gasteiger partial charge in [0.2, 0.25) is 0 Å². The minimum absolute atomic E-state index is 0.0292. The zero-order valence-electron chi connectivity index (χ0n) is 19.8. The number of hydrogen-bond donors (Lipinski definition) is 1. The zero-order valence-corrected chi connectivity index (χ0v) is 19.8. The Kier molecular flexibility index (Phi) is 6.37. The highest BCUT2D eigenvalue weighted by molar-refractivity contribution is 6.22. The van der Waals surface area contributed by atoms with Crippen molar-refractivity contribution in [3.63, 3.8) is 0 Å². The number of carbonyl (C=O) groups excluding carboxylic acids is 3. The summed E-state index contributed by atoms with van der Waals surface area (Å²) in [5.41, 5.74) is 2.89. The predicted octanol–water partition coefficient (Wildman–Crippen LogP) is 4.01. The summed E-state index contributed by atoms with van der Waals surface area (Å²) in [7, 11) is 0. The van der Waals surface area contributed by atoms with E-state index in [1.807, 2.05) is 24.3 Å². The molecule has 178 valence electrons. The summed E-state index contributed by atoms with van der Waals surface area (Å²) < 4.78 is 0. The van der Waals surface area contributed by atoms with Crippen molar-refractivity contribution in [2.24, 2.45) is 0 Å². The number of para-hydroxylation sites is 2. The van der Waals surface area contributed by atoms with Crippen molar-refractivity contribution in [1.82, 2.24) is 9.80 Å². The average molecular weight is 461 g/mol. The number of piperazine rings is 1. The molecule has 7 heteroatoms. The topological polar surface area (TPSA) is 73.0 Å². The minimum Gasteiger partial charge on any atom is -0.367 e. The minimum atomic E-state index is -0.279. The van der Waals surface area contributed by atoms with E-state index in [1.54, 1.807) is 18.2 Å². The first-order valence-corrected chi connectivity index (χ1v) is 12.5. The molecule has 2 fully saturated rings. The summed E-state index contributed by atoms with van der Waals surface area (Å²) in [5, 5.41) is 3.04. The number of amides is 3. The number of nitrogens with zero attached hydrogens (tertiary/aromatic N) is 3. The van der Waals surface area contributed by atoms with E-state index in [9.17, 15) is 14.4 Å². The van der Waals surface area contributed by atoms with Gasteiger partial charge in [-0.2, -0.15) is 0 Å². The molecule has 34 heavy (non-hydrogen) atoms. The third-order valence-corrected chi connectivity index (χ3v) is 7.43. The SMILES string of the molecule is CCN1CCN(c2ccccc2NC(=O)c2ccc3c(c2)C(=O)N(C2CCCCC2)C3=O)CC1. The Morgan fingerprint density at radius 3 is 2.35 bits per heavy atom. The van der Waals surface area contributed by atoms with Crippen LogP contribution < -0.4 is 10.2 Å². The van der Waals surface area contributed by atoms with E-state index in [-0.39, 0.29) is 23.8 Å². The van der Waals surface area contributed by atoms with Crippen LogP contribution in [0.5, 0.6) is 0 Å². The van der Waals surface area contributed by atoms with Crippen LogP contribution in [0.25, 0.3) is 0 Å². The molecule has 2 aliphatic heterocycles. The van der Waals surface area contributed by atoms with E-state index in [1.165, 1.54) is 4.90 Å². The van der Waals surface area contributed by atoms with Gasteiger partial charge in [-0.3, -0.25) is 19.3 Å². The van der Waals surface area contributed by atoms with Crippen LogP contribution in [0.1, 0.15) is 70.1 Å². The lowest BCUT2D eigenvalue weighted by Crippen LogP contribution is -2.46. The third-order valence-electron chi connectivity index (χ3n) is 7.43. The number of anilines is 2. The Morgan fingerprint density at radius 1 is 0.912 bits per heavy atom. The van der Waals surface area contributed by atoms with E-state index in [2.05, 4.69) is 22.0 Å². The first-order chi connectivity index (χ1) is 16.6. The van der Waals surface area contributed by atoms with Crippen molar-refractivity contribution in [2.75, 3.05) is 42.9 Å². The van der Waals surface area contributed by atoms with E-state index >= 15 is 0 Å². The Labute approximate surface area is 200 Å². The Bertz CT molecular complexity index is 1100. The maximum Gasteiger partial charge on any atom is 0.261 e. The molecular weight excluding hydrogens is 428 g/mol. The van der Waals surface area contributed by atoms with Crippen LogP contribution in [0.3, 0.4) is 0 Å². The van der Waals surface area contributed by atoms with Crippen molar-refractivity contribution in [2.45, 2.75) is 45.1 Å². The number of rotatable bonds is 5. The molecule has 3 amide bonds. The molecule has 1 saturated heterocycles. The largest absolute Gasteiger partial charge is 0.367 e. The molecule has 0 atom stereocenters. The van der Waals surface area contributed by atoms with Crippen LogP contribution in [0.2, 0.25) is 0 Å². The predicted molar refractivity (Wildman–Crippen MR) is 133 cm³/mol. The molecule has 1 saturated carbocycles. The monoisotopic (exact) mass is 460 g/mol. The molecule has 5 rings (SSSR count). The highest BCUT2D eigenvalue weighted by Crippen LogP contribution is 2.32. The van der Waals surface area contributed by atoms with Gasteiger partial charge in [0, 0.05) is 37.8 Å². The highest BCUT2D eigenvalue weighted by Gasteiger charge is 2.40. The number of fused-ring (bicyclic) bond motifs is 1. The molecule has 7 nitrogen and oxygen atoms in total. The van der Waals surface area contributed by atoms with Crippen molar-refractivity contribution >= 4 is 29.1 Å². The van der Waals surface area contributed by atoms with Gasteiger partial charge in [-0.25, -0.2) is 0 Å². The smallest absolute Gasteiger partial charge is 0.261 e. The lowest BCUT2D eigenvalue weighted by atomic mass is 9.94. The van der Waals surface area contributed by atoms with Gasteiger partial charge in [-0.1, -0.05) is 38.3 Å². The quantitative estimate of drug-likeness (QED) is 0.683. The lowest BCUT2D eigenvalue weighted by Gasteiger charge is -2.36. The number of hydrogen-bond acceptors (Lipinski definition) is 5. The van der Waals surface area contributed by atoms with Gasteiger partial charge in [-0.05, 0) is 49.7 Å². The van der Waals surface area contributed by atoms with Crippen LogP contribution in [0.15, 0.2) is 42.5 Å². The number of nitrogens with one attached hydrogen (secondary N) is 1. The van der Waals surface area contributed by atoms with E-state index < -0.39 is 0 Å². The first-order valence-electron chi connectivity index (χ1n) is 12.5. The van der Waals surface area contributed by atoms with Crippen molar-refractivity contribution < 1.29 is 14.4 Å². The van der Waals surface area contributed by atoms with E-state index in [0.29, 0.717) is 16.7 Å². The highest BCUT2D eigenvalue weighted by atomic mass is 16.2. The second-order valence-corrected chi connectivity index (χ2v) is 9.43. The molecular formula is C27H32N4O3. The normalized spacial score (nSPS) is 19.4. The summed E-state index contributed by atoms with van der Waals surface area (Å²) in [6.07, 6.45) is 4.96. The summed E-state index contributed by atoms with van der Waals surface area (Å²) in [6.45, 7) is 7.03. The van der Waals surface area contributed by atoms with Crippen molar-refractivity contribution in [3.8, 4) is 0 Å². The number of benzene rings is 2. The van der Waals surface area contributed by atoms with Crippen molar-refractivity contribution in [3.05, 3.63) is 59.2 Å². The molecule has 0 radical (unpaired) electrons. The zero-order chi connectivity index (χ0) is 23.7. The van der Waals surface area contributed by atoms with Crippen molar-refractivity contribution in [1.29, 1.82) is 0 Å².